The molecule has 0 unspecified atom stereocenters. The number of hydrogen-bond acceptors (Lipinski definition) is 5. The van der Waals surface area contributed by atoms with Gasteiger partial charge in [0, 0.05) is 28.7 Å². The van der Waals surface area contributed by atoms with Crippen LogP contribution in [0.5, 0.6) is 0 Å². The van der Waals surface area contributed by atoms with Crippen molar-refractivity contribution in [2.24, 2.45) is 5.92 Å². The second kappa shape index (κ2) is 8.32. The number of nitrogens with one attached hydrogen (secondary N) is 2. The van der Waals surface area contributed by atoms with E-state index in [0.717, 1.165) is 4.90 Å². The number of amides is 2. The minimum Gasteiger partial charge on any atom is -0.326 e. The molecule has 148 valence electrons. The first kappa shape index (κ1) is 20.3. The highest BCUT2D eigenvalue weighted by atomic mass is 32.2. The van der Waals surface area contributed by atoms with E-state index in [2.05, 4.69) is 10.6 Å². The Morgan fingerprint density at radius 2 is 1.96 bits per heavy atom. The van der Waals surface area contributed by atoms with Crippen molar-refractivity contribution in [2.45, 2.75) is 23.1 Å². The molecule has 0 bridgehead atoms. The molecule has 1 aliphatic heterocycles. The maximum absolute atomic E-state index is 12.9. The SMILES string of the molecule is C[C@@H](CS(=O)(=O)c1ccc2c(c1)NC(=O)CCS2)C(=O)Nc1ccc(F)cc1. The fraction of sp³-hybridized carbons (Fsp3) is 0.263. The Labute approximate surface area is 166 Å². The second-order valence-electron chi connectivity index (χ2n) is 6.48. The smallest absolute Gasteiger partial charge is 0.228 e. The largest absolute Gasteiger partial charge is 0.326 e. The van der Waals surface area contributed by atoms with Crippen LogP contribution in [0, 0.1) is 11.7 Å². The van der Waals surface area contributed by atoms with E-state index in [-0.39, 0.29) is 16.6 Å². The van der Waals surface area contributed by atoms with Crippen LogP contribution in [0.15, 0.2) is 52.3 Å². The zero-order valence-corrected chi connectivity index (χ0v) is 16.7. The Morgan fingerprint density at radius 1 is 1.25 bits per heavy atom. The summed E-state index contributed by atoms with van der Waals surface area (Å²) in [6.45, 7) is 1.51. The van der Waals surface area contributed by atoms with Crippen molar-refractivity contribution in [2.75, 3.05) is 22.1 Å². The number of thioether (sulfide) groups is 1. The van der Waals surface area contributed by atoms with Gasteiger partial charge in [0.2, 0.25) is 11.8 Å². The molecule has 28 heavy (non-hydrogen) atoms. The summed E-state index contributed by atoms with van der Waals surface area (Å²) in [5.41, 5.74) is 0.859. The van der Waals surface area contributed by atoms with E-state index in [1.54, 1.807) is 6.07 Å². The summed E-state index contributed by atoms with van der Waals surface area (Å²) in [7, 11) is -3.75. The second-order valence-corrected chi connectivity index (χ2v) is 9.65. The zero-order chi connectivity index (χ0) is 20.3. The lowest BCUT2D eigenvalue weighted by Crippen LogP contribution is -2.27. The summed E-state index contributed by atoms with van der Waals surface area (Å²) in [6.07, 6.45) is 0.363. The van der Waals surface area contributed by atoms with E-state index in [9.17, 15) is 22.4 Å². The van der Waals surface area contributed by atoms with Gasteiger partial charge in [0.25, 0.3) is 0 Å². The predicted octanol–water partition coefficient (Wildman–Crippen LogP) is 3.31. The van der Waals surface area contributed by atoms with Gasteiger partial charge in [0.15, 0.2) is 9.84 Å². The fourth-order valence-electron chi connectivity index (χ4n) is 2.69. The van der Waals surface area contributed by atoms with Gasteiger partial charge < -0.3 is 10.6 Å². The summed E-state index contributed by atoms with van der Waals surface area (Å²) >= 11 is 1.48. The number of sulfone groups is 1. The summed E-state index contributed by atoms with van der Waals surface area (Å²) < 4.78 is 38.4. The molecule has 0 aliphatic carbocycles. The predicted molar refractivity (Wildman–Crippen MR) is 107 cm³/mol. The summed E-state index contributed by atoms with van der Waals surface area (Å²) in [4.78, 5) is 24.9. The number of rotatable bonds is 5. The van der Waals surface area contributed by atoms with Crippen molar-refractivity contribution in [3.63, 3.8) is 0 Å². The Hall–Kier alpha value is -2.39. The van der Waals surface area contributed by atoms with Crippen LogP contribution in [-0.2, 0) is 19.4 Å². The van der Waals surface area contributed by atoms with Gasteiger partial charge in [0.05, 0.1) is 16.3 Å². The van der Waals surface area contributed by atoms with Gasteiger partial charge in [-0.05, 0) is 42.5 Å². The van der Waals surface area contributed by atoms with Crippen molar-refractivity contribution in [1.29, 1.82) is 0 Å². The van der Waals surface area contributed by atoms with Crippen molar-refractivity contribution < 1.29 is 22.4 Å². The number of anilines is 2. The maximum atomic E-state index is 12.9. The molecule has 2 amide bonds. The van der Waals surface area contributed by atoms with Crippen LogP contribution in [0.4, 0.5) is 15.8 Å². The molecule has 0 saturated heterocycles. The number of benzene rings is 2. The molecular weight excluding hydrogens is 403 g/mol. The van der Waals surface area contributed by atoms with Crippen LogP contribution in [0.2, 0.25) is 0 Å². The summed E-state index contributed by atoms with van der Waals surface area (Å²) in [5.74, 6) is -1.65. The van der Waals surface area contributed by atoms with Crippen molar-refractivity contribution in [1.82, 2.24) is 0 Å². The molecule has 3 rings (SSSR count). The molecule has 2 aromatic rings. The molecule has 1 aliphatic rings. The number of carbonyl (C=O) groups is 2. The van der Waals surface area contributed by atoms with E-state index >= 15 is 0 Å². The van der Waals surface area contributed by atoms with Crippen LogP contribution in [0.3, 0.4) is 0 Å². The van der Waals surface area contributed by atoms with Crippen molar-refractivity contribution in [3.8, 4) is 0 Å². The molecule has 2 N–H and O–H groups in total. The highest BCUT2D eigenvalue weighted by Crippen LogP contribution is 2.33. The minimum absolute atomic E-state index is 0.0514. The van der Waals surface area contributed by atoms with Gasteiger partial charge in [0.1, 0.15) is 5.82 Å². The number of carbonyl (C=O) groups excluding carboxylic acids is 2. The Kier molecular flexibility index (Phi) is 6.04. The van der Waals surface area contributed by atoms with Crippen LogP contribution >= 0.6 is 11.8 Å². The fourth-order valence-corrected chi connectivity index (χ4v) is 5.20. The topological polar surface area (TPSA) is 92.3 Å². The molecule has 0 saturated carbocycles. The summed E-state index contributed by atoms with van der Waals surface area (Å²) in [5, 5.41) is 5.29. The van der Waals surface area contributed by atoms with Crippen LogP contribution in [0.1, 0.15) is 13.3 Å². The highest BCUT2D eigenvalue weighted by Gasteiger charge is 2.25. The van der Waals surface area contributed by atoms with Gasteiger partial charge in [-0.3, -0.25) is 9.59 Å². The Balaban J connectivity index is 1.73. The molecule has 0 fully saturated rings. The first-order valence-electron chi connectivity index (χ1n) is 8.60. The number of fused-ring (bicyclic) bond motifs is 1. The first-order valence-corrected chi connectivity index (χ1v) is 11.2. The van der Waals surface area contributed by atoms with Crippen molar-refractivity contribution in [3.05, 3.63) is 48.3 Å². The third-order valence-electron chi connectivity index (χ3n) is 4.20. The Bertz CT molecular complexity index is 1010. The van der Waals surface area contributed by atoms with E-state index in [1.807, 2.05) is 0 Å². The molecule has 9 heteroatoms. The number of halogens is 1. The van der Waals surface area contributed by atoms with E-state index < -0.39 is 27.5 Å². The minimum atomic E-state index is -3.75. The van der Waals surface area contributed by atoms with Gasteiger partial charge >= 0.3 is 0 Å². The lowest BCUT2D eigenvalue weighted by Gasteiger charge is -2.14. The monoisotopic (exact) mass is 422 g/mol. The maximum Gasteiger partial charge on any atom is 0.228 e. The third-order valence-corrected chi connectivity index (χ3v) is 7.19. The molecular formula is C19H19FN2O4S2. The average molecular weight is 423 g/mol. The lowest BCUT2D eigenvalue weighted by molar-refractivity contribution is -0.119. The Morgan fingerprint density at radius 3 is 2.68 bits per heavy atom. The number of hydrogen-bond donors (Lipinski definition) is 2. The van der Waals surface area contributed by atoms with Crippen LogP contribution < -0.4 is 10.6 Å². The van der Waals surface area contributed by atoms with Gasteiger partial charge in [-0.25, -0.2) is 12.8 Å². The molecule has 0 radical (unpaired) electrons. The molecule has 0 aromatic heterocycles. The quantitative estimate of drug-likeness (QED) is 0.771. The van der Waals surface area contributed by atoms with Gasteiger partial charge in [-0.2, -0.15) is 0 Å². The molecule has 1 atom stereocenters. The van der Waals surface area contributed by atoms with Gasteiger partial charge in [-0.15, -0.1) is 11.8 Å². The van der Waals surface area contributed by atoms with E-state index in [0.29, 0.717) is 23.5 Å². The first-order chi connectivity index (χ1) is 13.2. The molecule has 2 aromatic carbocycles. The van der Waals surface area contributed by atoms with E-state index in [4.69, 9.17) is 0 Å². The normalized spacial score (nSPS) is 15.1. The van der Waals surface area contributed by atoms with Crippen LogP contribution in [-0.4, -0.2) is 31.7 Å². The molecule has 6 nitrogen and oxygen atoms in total. The van der Waals surface area contributed by atoms with Crippen molar-refractivity contribution >= 4 is 44.8 Å². The molecule has 1 heterocycles. The summed E-state index contributed by atoms with van der Waals surface area (Å²) in [6, 6.07) is 9.82. The van der Waals surface area contributed by atoms with Gasteiger partial charge in [-0.1, -0.05) is 6.92 Å². The standard InChI is InChI=1S/C19H19FN2O4S2/c1-12(19(24)21-14-4-2-13(20)3-5-14)11-28(25,26)15-6-7-17-16(10-15)22-18(23)8-9-27-17/h2-7,10,12H,8-9,11H2,1H3,(H,21,24)(H,22,23)/t12-/m0/s1. The zero-order valence-electron chi connectivity index (χ0n) is 15.1. The third kappa shape index (κ3) is 4.90. The lowest BCUT2D eigenvalue weighted by atomic mass is 10.2. The van der Waals surface area contributed by atoms with E-state index in [1.165, 1.54) is 55.1 Å². The van der Waals surface area contributed by atoms with Crippen LogP contribution in [0.25, 0.3) is 0 Å². The molecule has 0 spiro atoms. The highest BCUT2D eigenvalue weighted by molar-refractivity contribution is 7.99. The average Bonchev–Trinajstić information content (AvgIpc) is 2.83.